The van der Waals surface area contributed by atoms with Crippen molar-refractivity contribution in [2.45, 2.75) is 25.4 Å². The third-order valence-electron chi connectivity index (χ3n) is 5.93. The van der Waals surface area contributed by atoms with Crippen molar-refractivity contribution >= 4 is 32.7 Å². The number of halogens is 2. The molecule has 2 aromatic heterocycles. The highest BCUT2D eigenvalue weighted by Gasteiger charge is 2.33. The minimum atomic E-state index is -0.804. The molecular weight excluding hydrogens is 460 g/mol. The molecule has 1 aliphatic rings. The van der Waals surface area contributed by atoms with Gasteiger partial charge in [0.25, 0.3) is 5.56 Å². The van der Waals surface area contributed by atoms with Crippen molar-refractivity contribution in [1.29, 1.82) is 0 Å². The van der Waals surface area contributed by atoms with E-state index >= 15 is 0 Å². The van der Waals surface area contributed by atoms with Gasteiger partial charge < -0.3 is 10.2 Å². The Bertz CT molecular complexity index is 1420. The number of aromatic nitrogens is 3. The third kappa shape index (κ3) is 3.94. The molecule has 1 N–H and O–H groups in total. The van der Waals surface area contributed by atoms with Crippen LogP contribution in [0.5, 0.6) is 0 Å². The average Bonchev–Trinajstić information content (AvgIpc) is 3.48. The second-order valence-electron chi connectivity index (χ2n) is 8.10. The van der Waals surface area contributed by atoms with Gasteiger partial charge in [-0.15, -0.1) is 0 Å². The zero-order valence-corrected chi connectivity index (χ0v) is 19.1. The van der Waals surface area contributed by atoms with Crippen LogP contribution in [0.25, 0.3) is 21.7 Å². The molecular formula is C24H21F2N5O2S. The fourth-order valence-electron chi connectivity index (χ4n) is 4.17. The molecule has 0 saturated carbocycles. The maximum atomic E-state index is 14.4. The Balaban J connectivity index is 1.46. The minimum Gasteiger partial charge on any atom is -0.350 e. The molecule has 2 aromatic carbocycles. The van der Waals surface area contributed by atoms with E-state index in [0.29, 0.717) is 24.6 Å². The van der Waals surface area contributed by atoms with Gasteiger partial charge >= 0.3 is 0 Å². The van der Waals surface area contributed by atoms with Crippen LogP contribution in [0.3, 0.4) is 0 Å². The van der Waals surface area contributed by atoms with E-state index in [1.807, 2.05) is 35.2 Å². The lowest BCUT2D eigenvalue weighted by molar-refractivity contribution is -0.122. The summed E-state index contributed by atoms with van der Waals surface area (Å²) in [7, 11) is 1.41. The molecule has 0 radical (unpaired) electrons. The first kappa shape index (κ1) is 22.1. The molecule has 0 unspecified atom stereocenters. The highest BCUT2D eigenvalue weighted by Crippen LogP contribution is 2.33. The van der Waals surface area contributed by atoms with E-state index in [9.17, 15) is 18.4 Å². The highest BCUT2D eigenvalue weighted by atomic mass is 32.1. The molecule has 0 aliphatic carbocycles. The first-order valence-corrected chi connectivity index (χ1v) is 11.7. The van der Waals surface area contributed by atoms with Crippen LogP contribution in [-0.4, -0.2) is 33.0 Å². The van der Waals surface area contributed by atoms with Crippen LogP contribution in [0.15, 0.2) is 53.3 Å². The summed E-state index contributed by atoms with van der Waals surface area (Å²) in [4.78, 5) is 36.9. The predicted octanol–water partition coefficient (Wildman–Crippen LogP) is 3.62. The van der Waals surface area contributed by atoms with Crippen LogP contribution in [-0.2, 0) is 18.4 Å². The molecule has 3 heterocycles. The molecule has 174 valence electrons. The molecule has 1 aliphatic heterocycles. The number of hydrogen-bond donors (Lipinski definition) is 1. The van der Waals surface area contributed by atoms with Crippen LogP contribution in [0.4, 0.5) is 13.9 Å². The first-order chi connectivity index (χ1) is 16.4. The Kier molecular flexibility index (Phi) is 5.82. The van der Waals surface area contributed by atoms with E-state index in [1.54, 1.807) is 0 Å². The van der Waals surface area contributed by atoms with Crippen LogP contribution in [0.1, 0.15) is 18.4 Å². The number of anilines is 1. The van der Waals surface area contributed by atoms with Gasteiger partial charge in [0, 0.05) is 20.1 Å². The lowest BCUT2D eigenvalue weighted by atomic mass is 10.2. The number of carbonyl (C=O) groups is 1. The number of rotatable bonds is 5. The zero-order valence-electron chi connectivity index (χ0n) is 18.3. The molecule has 1 atom stereocenters. The summed E-state index contributed by atoms with van der Waals surface area (Å²) < 4.78 is 29.8. The molecule has 4 aromatic rings. The summed E-state index contributed by atoms with van der Waals surface area (Å²) in [6.07, 6.45) is 1.46. The number of amides is 1. The van der Waals surface area contributed by atoms with Gasteiger partial charge in [-0.2, -0.15) is 0 Å². The number of fused-ring (bicyclic) bond motifs is 1. The van der Waals surface area contributed by atoms with Crippen molar-refractivity contribution in [3.05, 3.63) is 76.1 Å². The molecule has 10 heteroatoms. The molecule has 7 nitrogen and oxygen atoms in total. The van der Waals surface area contributed by atoms with E-state index in [-0.39, 0.29) is 27.6 Å². The topological polar surface area (TPSA) is 80.1 Å². The minimum absolute atomic E-state index is 0.109. The first-order valence-electron chi connectivity index (χ1n) is 10.8. The Morgan fingerprint density at radius 2 is 1.85 bits per heavy atom. The van der Waals surface area contributed by atoms with E-state index in [2.05, 4.69) is 15.3 Å². The summed E-state index contributed by atoms with van der Waals surface area (Å²) in [5.74, 6) is -1.83. The third-order valence-corrected chi connectivity index (χ3v) is 6.91. The number of thiazole rings is 1. The molecule has 1 saturated heterocycles. The fourth-order valence-corrected chi connectivity index (χ4v) is 5.18. The van der Waals surface area contributed by atoms with E-state index in [0.717, 1.165) is 40.0 Å². The van der Waals surface area contributed by atoms with Gasteiger partial charge in [-0.3, -0.25) is 14.2 Å². The average molecular weight is 482 g/mol. The number of nitrogens with one attached hydrogen (secondary N) is 1. The lowest BCUT2D eigenvalue weighted by Crippen LogP contribution is -2.43. The second-order valence-corrected chi connectivity index (χ2v) is 9.06. The monoisotopic (exact) mass is 481 g/mol. The molecule has 0 bridgehead atoms. The summed E-state index contributed by atoms with van der Waals surface area (Å²) in [6.45, 7) is 1.03. The Labute approximate surface area is 197 Å². The molecule has 5 rings (SSSR count). The van der Waals surface area contributed by atoms with Crippen molar-refractivity contribution in [3.63, 3.8) is 0 Å². The maximum absolute atomic E-state index is 14.4. The van der Waals surface area contributed by atoms with Gasteiger partial charge in [0.1, 0.15) is 23.5 Å². The van der Waals surface area contributed by atoms with Crippen molar-refractivity contribution in [2.24, 2.45) is 7.05 Å². The number of nitrogens with zero attached hydrogens (tertiary/aromatic N) is 4. The standard InChI is InChI=1S/C24H21F2N5O2S/c1-30-20(18-15(25)9-5-10-16(18)26)29-22-19(23(30)33)28-24(34-22)31-12-6-11-17(31)21(32)27-13-14-7-3-2-4-8-14/h2-5,7-10,17H,6,11-13H2,1H3,(H,27,32)/t17-/m1/s1. The van der Waals surface area contributed by atoms with Gasteiger partial charge in [-0.1, -0.05) is 47.7 Å². The molecule has 34 heavy (non-hydrogen) atoms. The number of hydrogen-bond acceptors (Lipinski definition) is 6. The smallest absolute Gasteiger partial charge is 0.281 e. The van der Waals surface area contributed by atoms with Gasteiger partial charge in [0.2, 0.25) is 5.91 Å². The van der Waals surface area contributed by atoms with E-state index in [1.165, 1.54) is 13.1 Å². The largest absolute Gasteiger partial charge is 0.350 e. The van der Waals surface area contributed by atoms with Gasteiger partial charge in [-0.25, -0.2) is 18.7 Å². The quantitative estimate of drug-likeness (QED) is 0.471. The zero-order chi connectivity index (χ0) is 23.8. The summed E-state index contributed by atoms with van der Waals surface area (Å²) >= 11 is 1.14. The van der Waals surface area contributed by atoms with Crippen molar-refractivity contribution in [2.75, 3.05) is 11.4 Å². The van der Waals surface area contributed by atoms with Crippen molar-refractivity contribution in [1.82, 2.24) is 19.9 Å². The molecule has 1 fully saturated rings. The number of benzene rings is 2. The van der Waals surface area contributed by atoms with Crippen molar-refractivity contribution < 1.29 is 13.6 Å². The van der Waals surface area contributed by atoms with Gasteiger partial charge in [-0.05, 0) is 30.5 Å². The highest BCUT2D eigenvalue weighted by molar-refractivity contribution is 7.21. The van der Waals surface area contributed by atoms with Crippen LogP contribution < -0.4 is 15.8 Å². The SMILES string of the molecule is Cn1c(-c2c(F)cccc2F)nc2sc(N3CCC[C@@H]3C(=O)NCc3ccccc3)nc2c1=O. The second kappa shape index (κ2) is 8.94. The lowest BCUT2D eigenvalue weighted by Gasteiger charge is -2.23. The Morgan fingerprint density at radius 3 is 2.59 bits per heavy atom. The normalized spacial score (nSPS) is 15.7. The van der Waals surface area contributed by atoms with Crippen LogP contribution in [0, 0.1) is 11.6 Å². The maximum Gasteiger partial charge on any atom is 0.281 e. The fraction of sp³-hybridized carbons (Fsp3) is 0.250. The van der Waals surface area contributed by atoms with E-state index < -0.39 is 23.2 Å². The van der Waals surface area contributed by atoms with Gasteiger partial charge in [0.05, 0.1) is 5.56 Å². The molecule has 1 amide bonds. The molecule has 0 spiro atoms. The Morgan fingerprint density at radius 1 is 1.12 bits per heavy atom. The van der Waals surface area contributed by atoms with Gasteiger partial charge in [0.15, 0.2) is 15.5 Å². The number of carbonyl (C=O) groups excluding carboxylic acids is 1. The van der Waals surface area contributed by atoms with Crippen LogP contribution >= 0.6 is 11.3 Å². The predicted molar refractivity (Wildman–Crippen MR) is 127 cm³/mol. The Hall–Kier alpha value is -3.66. The van der Waals surface area contributed by atoms with Crippen molar-refractivity contribution in [3.8, 4) is 11.4 Å². The summed E-state index contributed by atoms with van der Waals surface area (Å²) in [5, 5.41) is 3.46. The van der Waals surface area contributed by atoms with E-state index in [4.69, 9.17) is 0 Å². The van der Waals surface area contributed by atoms with Crippen LogP contribution in [0.2, 0.25) is 0 Å². The summed E-state index contributed by atoms with van der Waals surface area (Å²) in [5.41, 5.74) is 0.243. The summed E-state index contributed by atoms with van der Waals surface area (Å²) in [6, 6.07) is 12.7.